The number of amides is 2. The van der Waals surface area contributed by atoms with E-state index in [1.165, 1.54) is 19.2 Å². The highest BCUT2D eigenvalue weighted by molar-refractivity contribution is 6.70. The van der Waals surface area contributed by atoms with Crippen LogP contribution in [0.1, 0.15) is 29.2 Å². The summed E-state index contributed by atoms with van der Waals surface area (Å²) in [4.78, 5) is 15.8. The van der Waals surface area contributed by atoms with Gasteiger partial charge in [-0.05, 0) is 55.3 Å². The number of nitrogens with two attached hydrogens (primary N) is 2. The Kier molecular flexibility index (Phi) is 8.34. The van der Waals surface area contributed by atoms with Crippen LogP contribution >= 0.6 is 11.6 Å². The Bertz CT molecular complexity index is 1100. The second-order valence-corrected chi connectivity index (χ2v) is 7.55. The van der Waals surface area contributed by atoms with Crippen molar-refractivity contribution in [3.63, 3.8) is 0 Å². The van der Waals surface area contributed by atoms with E-state index in [4.69, 9.17) is 27.9 Å². The molecule has 0 aromatic heterocycles. The highest BCUT2D eigenvalue weighted by Gasteiger charge is 2.34. The van der Waals surface area contributed by atoms with Crippen molar-refractivity contribution in [1.29, 1.82) is 0 Å². The summed E-state index contributed by atoms with van der Waals surface area (Å²) >= 11 is 6.03. The number of allylic oxidation sites excluding steroid dienone is 1. The largest absolute Gasteiger partial charge is 0.489 e. The van der Waals surface area contributed by atoms with E-state index < -0.39 is 24.4 Å². The predicted molar refractivity (Wildman–Crippen MR) is 124 cm³/mol. The minimum atomic E-state index is -4.65. The lowest BCUT2D eigenvalue weighted by Crippen LogP contribution is -2.37. The minimum Gasteiger partial charge on any atom is -0.489 e. The molecule has 5 N–H and O–H groups in total. The lowest BCUT2D eigenvalue weighted by molar-refractivity contribution is -0.138. The number of aliphatic imine (C=N–C) groups is 1. The Morgan fingerprint density at radius 2 is 1.94 bits per heavy atom. The summed E-state index contributed by atoms with van der Waals surface area (Å²) in [7, 11) is 2.81. The molecule has 0 radical (unpaired) electrons. The molecule has 7 nitrogen and oxygen atoms in total. The molecule has 0 fully saturated rings. The van der Waals surface area contributed by atoms with E-state index in [0.717, 1.165) is 11.1 Å². The smallest absolute Gasteiger partial charge is 0.416 e. The van der Waals surface area contributed by atoms with E-state index in [2.05, 4.69) is 10.3 Å². The van der Waals surface area contributed by atoms with Crippen LogP contribution in [0.25, 0.3) is 5.70 Å². The fourth-order valence-corrected chi connectivity index (χ4v) is 3.05. The average Bonchev–Trinajstić information content (AvgIpc) is 2.76. The average molecular weight is 484 g/mol. The number of ether oxygens (including phenoxy) is 1. The highest BCUT2D eigenvalue weighted by atomic mass is 35.5. The van der Waals surface area contributed by atoms with Crippen molar-refractivity contribution in [2.24, 2.45) is 16.6 Å². The minimum absolute atomic E-state index is 0.0577. The van der Waals surface area contributed by atoms with Gasteiger partial charge in [0.1, 0.15) is 17.5 Å². The molecule has 2 aromatic carbocycles. The fraction of sp³-hybridized carbons (Fsp3) is 0.273. The molecule has 0 aliphatic heterocycles. The zero-order valence-electron chi connectivity index (χ0n) is 18.5. The van der Waals surface area contributed by atoms with Crippen LogP contribution in [-0.4, -0.2) is 30.3 Å². The summed E-state index contributed by atoms with van der Waals surface area (Å²) in [6.45, 7) is 3.02. The van der Waals surface area contributed by atoms with Crippen molar-refractivity contribution in [2.75, 3.05) is 19.4 Å². The Balaban J connectivity index is 2.38. The van der Waals surface area contributed by atoms with Gasteiger partial charge >= 0.3 is 12.2 Å². The number of urea groups is 1. The van der Waals surface area contributed by atoms with E-state index in [1.807, 2.05) is 0 Å². The van der Waals surface area contributed by atoms with Crippen molar-refractivity contribution in [3.8, 4) is 5.75 Å². The molecule has 0 spiro atoms. The Morgan fingerprint density at radius 3 is 2.48 bits per heavy atom. The Morgan fingerprint density at radius 1 is 1.27 bits per heavy atom. The topological polar surface area (TPSA) is 106 Å². The summed E-state index contributed by atoms with van der Waals surface area (Å²) in [5.74, 6) is 5.72. The van der Waals surface area contributed by atoms with E-state index in [9.17, 15) is 18.0 Å². The van der Waals surface area contributed by atoms with Crippen molar-refractivity contribution in [1.82, 2.24) is 5.01 Å². The second kappa shape index (κ2) is 10.6. The molecule has 0 heterocycles. The van der Waals surface area contributed by atoms with Crippen LogP contribution < -0.4 is 21.6 Å². The normalized spacial score (nSPS) is 12.8. The molecule has 0 saturated carbocycles. The van der Waals surface area contributed by atoms with Crippen LogP contribution in [0.15, 0.2) is 47.0 Å². The molecule has 0 unspecified atom stereocenters. The SMILES string of the molecule is CN=C(Cl)C(C)=C(N)c1ccc(OCc2c(NC(=O)N(C)N)cccc2C(F)(F)F)c(C)c1. The first-order chi connectivity index (χ1) is 15.4. The zero-order valence-corrected chi connectivity index (χ0v) is 19.3. The van der Waals surface area contributed by atoms with Crippen LogP contribution in [0.5, 0.6) is 5.75 Å². The van der Waals surface area contributed by atoms with Crippen LogP contribution in [0, 0.1) is 6.92 Å². The number of alkyl halides is 3. The Hall–Kier alpha value is -3.24. The monoisotopic (exact) mass is 483 g/mol. The molecule has 0 saturated heterocycles. The van der Waals surface area contributed by atoms with Gasteiger partial charge in [-0.25, -0.2) is 10.6 Å². The number of hydrogen-bond donors (Lipinski definition) is 3. The van der Waals surface area contributed by atoms with Gasteiger partial charge in [0.05, 0.1) is 5.56 Å². The van der Waals surface area contributed by atoms with Gasteiger partial charge in [-0.3, -0.25) is 10.0 Å². The maximum absolute atomic E-state index is 13.6. The Labute approximate surface area is 194 Å². The predicted octanol–water partition coefficient (Wildman–Crippen LogP) is 4.89. The van der Waals surface area contributed by atoms with Crippen molar-refractivity contribution in [3.05, 3.63) is 64.2 Å². The number of rotatable bonds is 6. The molecular formula is C22H25ClF3N5O2. The summed E-state index contributed by atoms with van der Waals surface area (Å²) in [6, 6.07) is 7.69. The third kappa shape index (κ3) is 6.39. The van der Waals surface area contributed by atoms with Gasteiger partial charge in [-0.15, -0.1) is 0 Å². The van der Waals surface area contributed by atoms with E-state index in [1.54, 1.807) is 39.1 Å². The summed E-state index contributed by atoms with van der Waals surface area (Å²) in [6.07, 6.45) is -4.65. The number of benzene rings is 2. The number of carbonyl (C=O) groups is 1. The van der Waals surface area contributed by atoms with E-state index in [-0.39, 0.29) is 16.4 Å². The van der Waals surface area contributed by atoms with Gasteiger partial charge in [-0.1, -0.05) is 17.7 Å². The first kappa shape index (κ1) is 26.0. The third-order valence-electron chi connectivity index (χ3n) is 4.81. The van der Waals surface area contributed by atoms with Crippen molar-refractivity contribution >= 4 is 34.2 Å². The molecule has 11 heteroatoms. The standard InChI is InChI=1S/C22H25ClF3N5O2/c1-12-10-14(19(27)13(2)20(23)29-3)8-9-18(12)33-11-15-16(22(24,25)26)6-5-7-17(15)30-21(32)31(4)28/h5-10H,11,27-28H2,1-4H3,(H,30,32). The quantitative estimate of drug-likeness (QED) is 0.235. The summed E-state index contributed by atoms with van der Waals surface area (Å²) in [5.41, 5.74) is 7.25. The molecule has 0 aliphatic rings. The van der Waals surface area contributed by atoms with E-state index in [0.29, 0.717) is 28.1 Å². The second-order valence-electron chi connectivity index (χ2n) is 7.19. The van der Waals surface area contributed by atoms with E-state index >= 15 is 0 Å². The molecule has 2 amide bonds. The van der Waals surface area contributed by atoms with Gasteiger partial charge < -0.3 is 15.8 Å². The first-order valence-electron chi connectivity index (χ1n) is 9.68. The molecule has 2 rings (SSSR count). The highest BCUT2D eigenvalue weighted by Crippen LogP contribution is 2.36. The van der Waals surface area contributed by atoms with Gasteiger partial charge in [0.2, 0.25) is 0 Å². The molecule has 0 atom stereocenters. The maximum Gasteiger partial charge on any atom is 0.416 e. The number of nitrogens with zero attached hydrogens (tertiary/aromatic N) is 2. The first-order valence-corrected chi connectivity index (χ1v) is 10.1. The van der Waals surface area contributed by atoms with Crippen molar-refractivity contribution < 1.29 is 22.7 Å². The van der Waals surface area contributed by atoms with Crippen LogP contribution in [0.3, 0.4) is 0 Å². The van der Waals surface area contributed by atoms with Crippen LogP contribution in [0.4, 0.5) is 23.7 Å². The molecule has 33 heavy (non-hydrogen) atoms. The fourth-order valence-electron chi connectivity index (χ4n) is 2.95. The van der Waals surface area contributed by atoms with Crippen LogP contribution in [0.2, 0.25) is 0 Å². The number of anilines is 1. The lowest BCUT2D eigenvalue weighted by Gasteiger charge is -2.20. The summed E-state index contributed by atoms with van der Waals surface area (Å²) in [5, 5.41) is 3.36. The molecule has 0 aliphatic carbocycles. The molecular weight excluding hydrogens is 459 g/mol. The number of halogens is 4. The third-order valence-corrected chi connectivity index (χ3v) is 5.26. The number of nitrogens with one attached hydrogen (secondary N) is 1. The van der Waals surface area contributed by atoms with Gasteiger partial charge in [0.15, 0.2) is 0 Å². The van der Waals surface area contributed by atoms with Gasteiger partial charge in [-0.2, -0.15) is 13.2 Å². The number of aryl methyl sites for hydroxylation is 1. The van der Waals surface area contributed by atoms with Crippen molar-refractivity contribution in [2.45, 2.75) is 26.6 Å². The lowest BCUT2D eigenvalue weighted by atomic mass is 10.0. The summed E-state index contributed by atoms with van der Waals surface area (Å²) < 4.78 is 46.5. The maximum atomic E-state index is 13.6. The number of hydrogen-bond acceptors (Lipinski definition) is 5. The zero-order chi connectivity index (χ0) is 24.9. The number of carbonyl (C=O) groups excluding carboxylic acids is 1. The molecule has 178 valence electrons. The van der Waals surface area contributed by atoms with Gasteiger partial charge in [0, 0.05) is 36.6 Å². The molecule has 2 aromatic rings. The molecule has 0 bridgehead atoms. The number of hydrazine groups is 1. The van der Waals surface area contributed by atoms with Crippen LogP contribution in [-0.2, 0) is 12.8 Å². The van der Waals surface area contributed by atoms with Gasteiger partial charge in [0.25, 0.3) is 0 Å².